The zero-order chi connectivity index (χ0) is 17.9. The molecule has 0 fully saturated rings. The molecule has 0 amide bonds. The van der Waals surface area contributed by atoms with Crippen molar-refractivity contribution < 1.29 is 13.2 Å². The Labute approximate surface area is 149 Å². The average molecular weight is 367 g/mol. The first-order valence-corrected chi connectivity index (χ1v) is 8.68. The van der Waals surface area contributed by atoms with Crippen molar-refractivity contribution in [2.24, 2.45) is 11.5 Å². The maximum absolute atomic E-state index is 13.2. The molecule has 0 aliphatic heterocycles. The molecule has 0 bridgehead atoms. The van der Waals surface area contributed by atoms with Gasteiger partial charge in [0.15, 0.2) is 0 Å². The Balaban J connectivity index is 1.88. The highest BCUT2D eigenvalue weighted by Crippen LogP contribution is 2.49. The molecule has 4 rings (SSSR count). The van der Waals surface area contributed by atoms with Crippen LogP contribution in [0.5, 0.6) is 0 Å². The molecular weight excluding hydrogens is 349 g/mol. The zero-order valence-corrected chi connectivity index (χ0v) is 14.2. The number of benzene rings is 2. The highest BCUT2D eigenvalue weighted by molar-refractivity contribution is 6.30. The fraction of sp³-hybridized carbons (Fsp3) is 0.368. The van der Waals surface area contributed by atoms with Crippen LogP contribution in [-0.2, 0) is 12.6 Å². The van der Waals surface area contributed by atoms with E-state index in [0.717, 1.165) is 41.2 Å². The number of aryl methyl sites for hydroxylation is 1. The lowest BCUT2D eigenvalue weighted by atomic mass is 9.86. The Morgan fingerprint density at radius 3 is 2.44 bits per heavy atom. The highest BCUT2D eigenvalue weighted by Gasteiger charge is 2.37. The van der Waals surface area contributed by atoms with Gasteiger partial charge in [0.2, 0.25) is 0 Å². The predicted molar refractivity (Wildman–Crippen MR) is 91.5 cm³/mol. The normalized spacial score (nSPS) is 25.1. The number of hydrogen-bond donors (Lipinski definition) is 2. The van der Waals surface area contributed by atoms with E-state index in [9.17, 15) is 13.2 Å². The second-order valence-corrected chi connectivity index (χ2v) is 7.39. The Kier molecular flexibility index (Phi) is 3.87. The van der Waals surface area contributed by atoms with Gasteiger partial charge in [-0.1, -0.05) is 17.7 Å². The van der Waals surface area contributed by atoms with Crippen molar-refractivity contribution in [1.29, 1.82) is 0 Å². The minimum atomic E-state index is -4.38. The molecule has 6 heteroatoms. The van der Waals surface area contributed by atoms with Gasteiger partial charge >= 0.3 is 6.18 Å². The Bertz CT molecular complexity index is 847. The summed E-state index contributed by atoms with van der Waals surface area (Å²) in [5.41, 5.74) is 16.3. The molecule has 0 saturated heterocycles. The van der Waals surface area contributed by atoms with Gasteiger partial charge in [0.05, 0.1) is 5.56 Å². The summed E-state index contributed by atoms with van der Waals surface area (Å²) in [7, 11) is 0. The minimum Gasteiger partial charge on any atom is -0.324 e. The van der Waals surface area contributed by atoms with Gasteiger partial charge in [0, 0.05) is 23.0 Å². The molecule has 4 N–H and O–H groups in total. The maximum atomic E-state index is 13.2. The van der Waals surface area contributed by atoms with Gasteiger partial charge in [-0.3, -0.25) is 0 Å². The number of rotatable bonds is 1. The van der Waals surface area contributed by atoms with Gasteiger partial charge in [-0.15, -0.1) is 0 Å². The molecule has 0 aromatic heterocycles. The van der Waals surface area contributed by atoms with Crippen LogP contribution in [0.2, 0.25) is 5.02 Å². The lowest BCUT2D eigenvalue weighted by Crippen LogP contribution is -2.12. The quantitative estimate of drug-likeness (QED) is 0.758. The van der Waals surface area contributed by atoms with Crippen LogP contribution in [0.1, 0.15) is 64.2 Å². The first-order chi connectivity index (χ1) is 11.8. The lowest BCUT2D eigenvalue weighted by Gasteiger charge is -2.20. The van der Waals surface area contributed by atoms with Crippen LogP contribution in [0, 0.1) is 0 Å². The van der Waals surface area contributed by atoms with Crippen molar-refractivity contribution in [1.82, 2.24) is 0 Å². The van der Waals surface area contributed by atoms with Gasteiger partial charge in [0.1, 0.15) is 0 Å². The minimum absolute atomic E-state index is 0.103. The summed E-state index contributed by atoms with van der Waals surface area (Å²) in [4.78, 5) is 0. The summed E-state index contributed by atoms with van der Waals surface area (Å²) in [5, 5.41) is 0.594. The van der Waals surface area contributed by atoms with E-state index >= 15 is 0 Å². The van der Waals surface area contributed by atoms with E-state index in [4.69, 9.17) is 23.1 Å². The van der Waals surface area contributed by atoms with Crippen LogP contribution in [0.4, 0.5) is 13.2 Å². The fourth-order valence-electron chi connectivity index (χ4n) is 4.29. The molecule has 132 valence electrons. The number of fused-ring (bicyclic) bond motifs is 2. The summed E-state index contributed by atoms with van der Waals surface area (Å²) in [6.07, 6.45) is -2.13. The molecule has 0 spiro atoms. The zero-order valence-electron chi connectivity index (χ0n) is 13.4. The molecule has 3 atom stereocenters. The van der Waals surface area contributed by atoms with Crippen molar-refractivity contribution in [3.05, 3.63) is 68.7 Å². The molecule has 2 aliphatic rings. The molecular formula is C19H18ClF3N2. The van der Waals surface area contributed by atoms with Crippen molar-refractivity contribution in [2.75, 3.05) is 0 Å². The second kappa shape index (κ2) is 5.73. The van der Waals surface area contributed by atoms with E-state index in [0.29, 0.717) is 17.0 Å². The molecule has 0 heterocycles. The van der Waals surface area contributed by atoms with E-state index in [-0.39, 0.29) is 18.0 Å². The molecule has 0 saturated carbocycles. The van der Waals surface area contributed by atoms with E-state index < -0.39 is 11.7 Å². The summed E-state index contributed by atoms with van der Waals surface area (Å²) in [5.74, 6) is -0.205. The van der Waals surface area contributed by atoms with Crippen molar-refractivity contribution >= 4 is 11.6 Å². The monoisotopic (exact) mass is 366 g/mol. The maximum Gasteiger partial charge on any atom is 0.416 e. The van der Waals surface area contributed by atoms with Gasteiger partial charge in [-0.05, 0) is 71.3 Å². The molecule has 0 radical (unpaired) electrons. The smallest absolute Gasteiger partial charge is 0.324 e. The van der Waals surface area contributed by atoms with Gasteiger partial charge in [0.25, 0.3) is 0 Å². The van der Waals surface area contributed by atoms with Crippen LogP contribution in [-0.4, -0.2) is 0 Å². The van der Waals surface area contributed by atoms with E-state index in [1.807, 2.05) is 12.1 Å². The number of hydrogen-bond acceptors (Lipinski definition) is 2. The topological polar surface area (TPSA) is 52.0 Å². The third kappa shape index (κ3) is 2.75. The summed E-state index contributed by atoms with van der Waals surface area (Å²) in [6.45, 7) is 0. The molecule has 2 aromatic carbocycles. The van der Waals surface area contributed by atoms with Crippen LogP contribution in [0.15, 0.2) is 30.3 Å². The third-order valence-electron chi connectivity index (χ3n) is 5.41. The number of nitrogens with two attached hydrogens (primary N) is 2. The fourth-order valence-corrected chi connectivity index (χ4v) is 4.54. The molecule has 1 unspecified atom stereocenters. The van der Waals surface area contributed by atoms with Crippen molar-refractivity contribution in [3.8, 4) is 0 Å². The molecule has 2 nitrogen and oxygen atoms in total. The Hall–Kier alpha value is -1.56. The van der Waals surface area contributed by atoms with E-state index in [1.165, 1.54) is 12.1 Å². The van der Waals surface area contributed by atoms with Crippen LogP contribution in [0.25, 0.3) is 0 Å². The van der Waals surface area contributed by atoms with Crippen molar-refractivity contribution in [2.45, 2.75) is 43.4 Å². The molecule has 2 aliphatic carbocycles. The van der Waals surface area contributed by atoms with E-state index in [1.54, 1.807) is 0 Å². The van der Waals surface area contributed by atoms with Gasteiger partial charge in [-0.25, -0.2) is 0 Å². The first kappa shape index (κ1) is 16.9. The third-order valence-corrected chi connectivity index (χ3v) is 5.63. The Morgan fingerprint density at radius 2 is 1.72 bits per heavy atom. The van der Waals surface area contributed by atoms with E-state index in [2.05, 4.69) is 0 Å². The van der Waals surface area contributed by atoms with Crippen molar-refractivity contribution in [3.63, 3.8) is 0 Å². The van der Waals surface area contributed by atoms with Gasteiger partial charge in [-0.2, -0.15) is 13.2 Å². The summed E-state index contributed by atoms with van der Waals surface area (Å²) < 4.78 is 39.5. The second-order valence-electron chi connectivity index (χ2n) is 6.95. The highest BCUT2D eigenvalue weighted by atomic mass is 35.5. The predicted octanol–water partition coefficient (Wildman–Crippen LogP) is 4.84. The molecule has 25 heavy (non-hydrogen) atoms. The average Bonchev–Trinajstić information content (AvgIpc) is 3.06. The Morgan fingerprint density at radius 1 is 0.960 bits per heavy atom. The SMILES string of the molecule is N[C@@H]1CC(c2cc(Cl)cc3c2[C@H](N)CC3)c2cc(C(F)(F)F)ccc21. The summed E-state index contributed by atoms with van der Waals surface area (Å²) >= 11 is 6.27. The molecule has 2 aromatic rings. The summed E-state index contributed by atoms with van der Waals surface area (Å²) in [6, 6.07) is 7.22. The standard InChI is InChI=1S/C19H18ClF3N2/c20-11-5-9-1-4-16(24)18(9)15(7-11)14-8-17(25)12-3-2-10(6-13(12)14)19(21,22)23/h2-3,5-7,14,16-17H,1,4,8,24-25H2/t14?,16-,17-/m1/s1. The van der Waals surface area contributed by atoms with Crippen LogP contribution in [0.3, 0.4) is 0 Å². The first-order valence-electron chi connectivity index (χ1n) is 8.30. The van der Waals surface area contributed by atoms with Gasteiger partial charge < -0.3 is 11.5 Å². The van der Waals surface area contributed by atoms with Crippen LogP contribution < -0.4 is 11.5 Å². The number of alkyl halides is 3. The lowest BCUT2D eigenvalue weighted by molar-refractivity contribution is -0.137. The number of halogens is 4. The largest absolute Gasteiger partial charge is 0.416 e. The van der Waals surface area contributed by atoms with Crippen LogP contribution >= 0.6 is 11.6 Å².